The van der Waals surface area contributed by atoms with E-state index in [-0.39, 0.29) is 12.1 Å². The van der Waals surface area contributed by atoms with Crippen LogP contribution in [-0.4, -0.2) is 30.4 Å². The van der Waals surface area contributed by atoms with Gasteiger partial charge in [-0.05, 0) is 44.9 Å². The van der Waals surface area contributed by atoms with E-state index in [0.29, 0.717) is 18.1 Å². The Morgan fingerprint density at radius 1 is 1.55 bits per heavy atom. The van der Waals surface area contributed by atoms with Gasteiger partial charge in [0, 0.05) is 5.02 Å². The van der Waals surface area contributed by atoms with Gasteiger partial charge in [-0.15, -0.1) is 0 Å². The van der Waals surface area contributed by atoms with Crippen molar-refractivity contribution in [1.82, 2.24) is 5.32 Å². The maximum atomic E-state index is 11.8. The van der Waals surface area contributed by atoms with Gasteiger partial charge in [-0.1, -0.05) is 23.7 Å². The third-order valence-corrected chi connectivity index (χ3v) is 3.09. The van der Waals surface area contributed by atoms with Crippen molar-refractivity contribution in [3.8, 4) is 0 Å². The molecule has 1 heterocycles. The lowest BCUT2D eigenvalue weighted by molar-refractivity contribution is 0.0495. The Hall–Kier alpha value is -1.26. The van der Waals surface area contributed by atoms with Gasteiger partial charge < -0.3 is 14.8 Å². The number of nitrogens with one attached hydrogen (secondary N) is 1. The van der Waals surface area contributed by atoms with Gasteiger partial charge in [-0.2, -0.15) is 0 Å². The van der Waals surface area contributed by atoms with Gasteiger partial charge in [0.05, 0.1) is 12.6 Å². The Bertz CT molecular complexity index is 480. The van der Waals surface area contributed by atoms with E-state index in [1.807, 2.05) is 45.0 Å². The second-order valence-corrected chi connectivity index (χ2v) is 6.39. The molecule has 110 valence electrons. The molecule has 1 aromatic rings. The van der Waals surface area contributed by atoms with Crippen LogP contribution in [0.25, 0.3) is 0 Å². The van der Waals surface area contributed by atoms with Crippen LogP contribution in [0.4, 0.5) is 4.79 Å². The molecule has 0 aliphatic carbocycles. The lowest BCUT2D eigenvalue weighted by Gasteiger charge is -2.23. The summed E-state index contributed by atoms with van der Waals surface area (Å²) in [4.78, 5) is 11.8. The standard InChI is InChI=1S/C15H20ClNO3/c1-15(2,3)20-14(18)17-12(13-9-19-13)8-10-5-4-6-11(16)7-10/h4-7,12-13H,8-9H2,1-3H3,(H,17,18)/t12-,13+/m0/s1. The molecule has 1 aliphatic rings. The zero-order valence-electron chi connectivity index (χ0n) is 12.0. The molecule has 1 saturated heterocycles. The first-order valence-corrected chi connectivity index (χ1v) is 7.07. The van der Waals surface area contributed by atoms with Gasteiger partial charge in [0.2, 0.25) is 0 Å². The lowest BCUT2D eigenvalue weighted by atomic mass is 10.0. The third-order valence-electron chi connectivity index (χ3n) is 2.85. The number of benzene rings is 1. The number of rotatable bonds is 4. The van der Waals surface area contributed by atoms with Crippen molar-refractivity contribution in [2.24, 2.45) is 0 Å². The summed E-state index contributed by atoms with van der Waals surface area (Å²) >= 11 is 5.97. The summed E-state index contributed by atoms with van der Waals surface area (Å²) in [5.74, 6) is 0. The maximum absolute atomic E-state index is 11.8. The number of amides is 1. The zero-order chi connectivity index (χ0) is 14.8. The minimum absolute atomic E-state index is 0.0569. The van der Waals surface area contributed by atoms with Crippen molar-refractivity contribution in [3.05, 3.63) is 34.9 Å². The van der Waals surface area contributed by atoms with Crippen LogP contribution in [0.3, 0.4) is 0 Å². The fourth-order valence-corrected chi connectivity index (χ4v) is 2.15. The second-order valence-electron chi connectivity index (χ2n) is 5.96. The molecule has 20 heavy (non-hydrogen) atoms. The monoisotopic (exact) mass is 297 g/mol. The van der Waals surface area contributed by atoms with Crippen LogP contribution in [0.5, 0.6) is 0 Å². The Labute approximate surface area is 124 Å². The van der Waals surface area contributed by atoms with Crippen LogP contribution in [-0.2, 0) is 15.9 Å². The Morgan fingerprint density at radius 3 is 2.80 bits per heavy atom. The molecule has 1 aromatic carbocycles. The van der Waals surface area contributed by atoms with E-state index in [1.165, 1.54) is 0 Å². The minimum atomic E-state index is -0.505. The third kappa shape index (κ3) is 5.02. The lowest BCUT2D eigenvalue weighted by Crippen LogP contribution is -2.43. The quantitative estimate of drug-likeness (QED) is 0.869. The zero-order valence-corrected chi connectivity index (χ0v) is 12.7. The van der Waals surface area contributed by atoms with Crippen LogP contribution >= 0.6 is 11.6 Å². The minimum Gasteiger partial charge on any atom is -0.444 e. The molecule has 2 atom stereocenters. The summed E-state index contributed by atoms with van der Waals surface area (Å²) < 4.78 is 10.6. The van der Waals surface area contributed by atoms with Crippen LogP contribution in [0, 0.1) is 0 Å². The van der Waals surface area contributed by atoms with Crippen molar-refractivity contribution in [3.63, 3.8) is 0 Å². The first-order valence-electron chi connectivity index (χ1n) is 6.69. The van der Waals surface area contributed by atoms with Crippen molar-refractivity contribution >= 4 is 17.7 Å². The highest BCUT2D eigenvalue weighted by molar-refractivity contribution is 6.30. The molecule has 4 nitrogen and oxygen atoms in total. The average molecular weight is 298 g/mol. The SMILES string of the molecule is CC(C)(C)OC(=O)N[C@@H](Cc1cccc(Cl)c1)[C@H]1CO1. The molecule has 0 aromatic heterocycles. The van der Waals surface area contributed by atoms with Gasteiger partial charge in [0.15, 0.2) is 0 Å². The number of ether oxygens (including phenoxy) is 2. The first-order chi connectivity index (χ1) is 9.33. The Balaban J connectivity index is 1.96. The molecule has 1 aliphatic heterocycles. The predicted molar refractivity (Wildman–Crippen MR) is 78.1 cm³/mol. The van der Waals surface area contributed by atoms with Crippen molar-refractivity contribution in [2.75, 3.05) is 6.61 Å². The van der Waals surface area contributed by atoms with Crippen LogP contribution in [0.1, 0.15) is 26.3 Å². The molecule has 1 fully saturated rings. The number of epoxide rings is 1. The molecule has 0 bridgehead atoms. The van der Waals surface area contributed by atoms with E-state index < -0.39 is 11.7 Å². The molecular weight excluding hydrogens is 278 g/mol. The van der Waals surface area contributed by atoms with E-state index in [0.717, 1.165) is 5.56 Å². The fraction of sp³-hybridized carbons (Fsp3) is 0.533. The molecule has 5 heteroatoms. The Kier molecular flexibility index (Phi) is 4.55. The van der Waals surface area contributed by atoms with E-state index >= 15 is 0 Å². The molecule has 1 amide bonds. The van der Waals surface area contributed by atoms with Crippen LogP contribution in [0.15, 0.2) is 24.3 Å². The number of hydrogen-bond acceptors (Lipinski definition) is 3. The van der Waals surface area contributed by atoms with Gasteiger partial charge >= 0.3 is 6.09 Å². The average Bonchev–Trinajstić information content (AvgIpc) is 3.09. The molecule has 1 N–H and O–H groups in total. The fourth-order valence-electron chi connectivity index (χ4n) is 1.94. The van der Waals surface area contributed by atoms with Gasteiger partial charge in [0.1, 0.15) is 11.7 Å². The topological polar surface area (TPSA) is 50.9 Å². The summed E-state index contributed by atoms with van der Waals surface area (Å²) in [6, 6.07) is 7.51. The predicted octanol–water partition coefficient (Wildman–Crippen LogP) is 3.17. The van der Waals surface area contributed by atoms with Crippen LogP contribution < -0.4 is 5.32 Å². The maximum Gasteiger partial charge on any atom is 0.407 e. The number of alkyl carbamates (subject to hydrolysis) is 1. The number of carbonyl (C=O) groups excluding carboxylic acids is 1. The smallest absolute Gasteiger partial charge is 0.407 e. The summed E-state index contributed by atoms with van der Waals surface area (Å²) in [6.07, 6.45) is 0.311. The molecular formula is C15H20ClNO3. The summed E-state index contributed by atoms with van der Waals surface area (Å²) in [7, 11) is 0. The van der Waals surface area contributed by atoms with Gasteiger partial charge in [-0.3, -0.25) is 0 Å². The molecule has 0 radical (unpaired) electrons. The van der Waals surface area contributed by atoms with Gasteiger partial charge in [0.25, 0.3) is 0 Å². The van der Waals surface area contributed by atoms with Crippen LogP contribution in [0.2, 0.25) is 5.02 Å². The van der Waals surface area contributed by atoms with E-state index in [4.69, 9.17) is 21.1 Å². The van der Waals surface area contributed by atoms with E-state index in [9.17, 15) is 4.79 Å². The molecule has 0 unspecified atom stereocenters. The normalized spacial score (nSPS) is 19.3. The highest BCUT2D eigenvalue weighted by Crippen LogP contribution is 2.20. The molecule has 2 rings (SSSR count). The largest absolute Gasteiger partial charge is 0.444 e. The highest BCUT2D eigenvalue weighted by Gasteiger charge is 2.34. The van der Waals surface area contributed by atoms with Crippen molar-refractivity contribution in [1.29, 1.82) is 0 Å². The van der Waals surface area contributed by atoms with Crippen molar-refractivity contribution < 1.29 is 14.3 Å². The summed E-state index contributed by atoms with van der Waals surface area (Å²) in [5.41, 5.74) is 0.559. The summed E-state index contributed by atoms with van der Waals surface area (Å²) in [6.45, 7) is 6.19. The number of halogens is 1. The second kappa shape index (κ2) is 6.02. The number of hydrogen-bond donors (Lipinski definition) is 1. The summed E-state index contributed by atoms with van der Waals surface area (Å²) in [5, 5.41) is 3.56. The van der Waals surface area contributed by atoms with Crippen molar-refractivity contribution in [2.45, 2.75) is 44.9 Å². The van der Waals surface area contributed by atoms with E-state index in [1.54, 1.807) is 0 Å². The molecule has 0 spiro atoms. The Morgan fingerprint density at radius 2 is 2.25 bits per heavy atom. The number of carbonyl (C=O) groups is 1. The first kappa shape index (κ1) is 15.1. The molecule has 0 saturated carbocycles. The highest BCUT2D eigenvalue weighted by atomic mass is 35.5. The van der Waals surface area contributed by atoms with E-state index in [2.05, 4.69) is 5.32 Å². The van der Waals surface area contributed by atoms with Gasteiger partial charge in [-0.25, -0.2) is 4.79 Å².